The van der Waals surface area contributed by atoms with Crippen LogP contribution in [0, 0.1) is 6.92 Å². The Morgan fingerprint density at radius 3 is 2.76 bits per heavy atom. The van der Waals surface area contributed by atoms with Crippen molar-refractivity contribution in [2.45, 2.75) is 44.3 Å². The standard InChI is InChI=1S/C19H21N3O3/c1-12-5-2-3-6-14(12)21-19(24)22-13-8-9-16(22)15(11-13)20-18(23)17-7-4-10-25-17/h2-7,10,13,15-16H,8-9,11H2,1H3,(H,20,23)(H,21,24)/t13?,15-,16?/m1/s1. The molecule has 3 amide bonds. The van der Waals surface area contributed by atoms with Gasteiger partial charge in [0, 0.05) is 11.7 Å². The summed E-state index contributed by atoms with van der Waals surface area (Å²) < 4.78 is 5.15. The highest BCUT2D eigenvalue weighted by molar-refractivity contribution is 5.93. The Bertz CT molecular complexity index is 787. The first kappa shape index (κ1) is 15.7. The van der Waals surface area contributed by atoms with Crippen molar-refractivity contribution in [3.05, 3.63) is 54.0 Å². The van der Waals surface area contributed by atoms with Crippen molar-refractivity contribution in [1.29, 1.82) is 0 Å². The van der Waals surface area contributed by atoms with E-state index in [-0.39, 0.29) is 30.1 Å². The molecule has 25 heavy (non-hydrogen) atoms. The number of carbonyl (C=O) groups excluding carboxylic acids is 2. The quantitative estimate of drug-likeness (QED) is 0.902. The molecular weight excluding hydrogens is 318 g/mol. The zero-order valence-electron chi connectivity index (χ0n) is 14.1. The molecule has 2 N–H and O–H groups in total. The summed E-state index contributed by atoms with van der Waals surface area (Å²) in [6.07, 6.45) is 4.17. The van der Waals surface area contributed by atoms with Gasteiger partial charge in [-0.25, -0.2) is 4.79 Å². The van der Waals surface area contributed by atoms with Crippen molar-refractivity contribution in [2.75, 3.05) is 5.32 Å². The monoisotopic (exact) mass is 339 g/mol. The molecule has 3 heterocycles. The van der Waals surface area contributed by atoms with Crippen LogP contribution in [0.1, 0.15) is 35.4 Å². The van der Waals surface area contributed by atoms with Crippen molar-refractivity contribution >= 4 is 17.6 Å². The van der Waals surface area contributed by atoms with Crippen molar-refractivity contribution in [2.24, 2.45) is 0 Å². The fourth-order valence-electron chi connectivity index (χ4n) is 4.00. The van der Waals surface area contributed by atoms with Gasteiger partial charge in [-0.05, 0) is 49.9 Å². The van der Waals surface area contributed by atoms with Gasteiger partial charge in [0.05, 0.1) is 18.3 Å². The zero-order valence-corrected chi connectivity index (χ0v) is 14.1. The Kier molecular flexibility index (Phi) is 3.95. The van der Waals surface area contributed by atoms with Crippen LogP contribution >= 0.6 is 0 Å². The lowest BCUT2D eigenvalue weighted by atomic mass is 9.95. The van der Waals surface area contributed by atoms with Gasteiger partial charge < -0.3 is 20.0 Å². The number of benzene rings is 1. The molecule has 1 aromatic heterocycles. The van der Waals surface area contributed by atoms with E-state index in [4.69, 9.17) is 4.42 Å². The van der Waals surface area contributed by atoms with Gasteiger partial charge in [0.25, 0.3) is 5.91 Å². The van der Waals surface area contributed by atoms with Crippen molar-refractivity contribution in [3.8, 4) is 0 Å². The van der Waals surface area contributed by atoms with Crippen LogP contribution in [0.3, 0.4) is 0 Å². The summed E-state index contributed by atoms with van der Waals surface area (Å²) in [5.41, 5.74) is 1.86. The number of amides is 3. The predicted octanol–water partition coefficient (Wildman–Crippen LogP) is 3.16. The molecule has 3 atom stereocenters. The summed E-state index contributed by atoms with van der Waals surface area (Å²) in [5, 5.41) is 6.03. The van der Waals surface area contributed by atoms with Gasteiger partial charge in [-0.15, -0.1) is 0 Å². The lowest BCUT2D eigenvalue weighted by Gasteiger charge is -2.25. The number of carbonyl (C=O) groups is 2. The number of hydrogen-bond donors (Lipinski definition) is 2. The van der Waals surface area contributed by atoms with Crippen LogP contribution in [0.25, 0.3) is 0 Å². The van der Waals surface area contributed by atoms with Crippen LogP contribution in [0.2, 0.25) is 0 Å². The third-order valence-corrected chi connectivity index (χ3v) is 5.22. The highest BCUT2D eigenvalue weighted by Gasteiger charge is 2.49. The van der Waals surface area contributed by atoms with E-state index < -0.39 is 0 Å². The summed E-state index contributed by atoms with van der Waals surface area (Å²) >= 11 is 0. The lowest BCUT2D eigenvalue weighted by molar-refractivity contribution is 0.0899. The first-order chi connectivity index (χ1) is 12.1. The van der Waals surface area contributed by atoms with Gasteiger partial charge in [0.2, 0.25) is 0 Å². The number of rotatable bonds is 3. The summed E-state index contributed by atoms with van der Waals surface area (Å²) in [6, 6.07) is 11.2. The lowest BCUT2D eigenvalue weighted by Crippen LogP contribution is -2.46. The fourth-order valence-corrected chi connectivity index (χ4v) is 4.00. The number of furan rings is 1. The van der Waals surface area contributed by atoms with E-state index in [1.165, 1.54) is 6.26 Å². The van der Waals surface area contributed by atoms with E-state index in [1.807, 2.05) is 36.1 Å². The van der Waals surface area contributed by atoms with Gasteiger partial charge in [-0.3, -0.25) is 4.79 Å². The van der Waals surface area contributed by atoms with E-state index in [0.717, 1.165) is 30.5 Å². The number of hydrogen-bond acceptors (Lipinski definition) is 3. The highest BCUT2D eigenvalue weighted by atomic mass is 16.3. The van der Waals surface area contributed by atoms with Crippen LogP contribution in [0.4, 0.5) is 10.5 Å². The molecule has 2 saturated heterocycles. The Balaban J connectivity index is 1.44. The Hall–Kier alpha value is -2.76. The number of para-hydroxylation sites is 1. The number of nitrogens with one attached hydrogen (secondary N) is 2. The SMILES string of the molecule is Cc1ccccc1NC(=O)N1C2CCC1[C@H](NC(=O)c1ccco1)C2. The molecule has 0 radical (unpaired) electrons. The second-order valence-corrected chi connectivity index (χ2v) is 6.74. The van der Waals surface area contributed by atoms with Crippen molar-refractivity contribution in [3.63, 3.8) is 0 Å². The summed E-state index contributed by atoms with van der Waals surface area (Å²) in [6.45, 7) is 1.97. The Morgan fingerprint density at radius 2 is 2.00 bits per heavy atom. The summed E-state index contributed by atoms with van der Waals surface area (Å²) in [4.78, 5) is 26.9. The molecule has 0 spiro atoms. The molecule has 0 aliphatic carbocycles. The third kappa shape index (κ3) is 2.88. The predicted molar refractivity (Wildman–Crippen MR) is 93.4 cm³/mol. The molecule has 2 aliphatic rings. The number of fused-ring (bicyclic) bond motifs is 2. The molecule has 2 aliphatic heterocycles. The van der Waals surface area contributed by atoms with Crippen molar-refractivity contribution in [1.82, 2.24) is 10.2 Å². The molecular formula is C19H21N3O3. The fraction of sp³-hybridized carbons (Fsp3) is 0.368. The summed E-state index contributed by atoms with van der Waals surface area (Å²) in [7, 11) is 0. The van der Waals surface area contributed by atoms with Gasteiger partial charge in [-0.1, -0.05) is 18.2 Å². The van der Waals surface area contributed by atoms with E-state index in [0.29, 0.717) is 5.76 Å². The van der Waals surface area contributed by atoms with Crippen molar-refractivity contribution < 1.29 is 14.0 Å². The van der Waals surface area contributed by atoms with Gasteiger partial charge in [0.1, 0.15) is 0 Å². The maximum Gasteiger partial charge on any atom is 0.322 e. The first-order valence-corrected chi connectivity index (χ1v) is 8.63. The Labute approximate surface area is 146 Å². The van der Waals surface area contributed by atoms with E-state index >= 15 is 0 Å². The first-order valence-electron chi connectivity index (χ1n) is 8.63. The maximum absolute atomic E-state index is 12.8. The van der Waals surface area contributed by atoms with E-state index in [1.54, 1.807) is 12.1 Å². The largest absolute Gasteiger partial charge is 0.459 e. The topological polar surface area (TPSA) is 74.6 Å². The van der Waals surface area contributed by atoms with Gasteiger partial charge in [-0.2, -0.15) is 0 Å². The van der Waals surface area contributed by atoms with Crippen LogP contribution in [0.5, 0.6) is 0 Å². The second kappa shape index (κ2) is 6.27. The molecule has 2 unspecified atom stereocenters. The van der Waals surface area contributed by atoms with E-state index in [9.17, 15) is 9.59 Å². The molecule has 4 rings (SSSR count). The second-order valence-electron chi connectivity index (χ2n) is 6.74. The molecule has 1 aromatic carbocycles. The molecule has 0 saturated carbocycles. The Morgan fingerprint density at radius 1 is 1.16 bits per heavy atom. The van der Waals surface area contributed by atoms with Gasteiger partial charge >= 0.3 is 6.03 Å². The van der Waals surface area contributed by atoms with Crippen LogP contribution in [0.15, 0.2) is 47.1 Å². The number of anilines is 1. The normalized spacial score (nSPS) is 24.4. The molecule has 130 valence electrons. The summed E-state index contributed by atoms with van der Waals surface area (Å²) in [5.74, 6) is 0.0838. The minimum atomic E-state index is -0.221. The third-order valence-electron chi connectivity index (χ3n) is 5.22. The average molecular weight is 339 g/mol. The number of nitrogens with zero attached hydrogens (tertiary/aromatic N) is 1. The van der Waals surface area contributed by atoms with Crippen LogP contribution < -0.4 is 10.6 Å². The number of urea groups is 1. The molecule has 6 heteroatoms. The van der Waals surface area contributed by atoms with Crippen LogP contribution in [-0.2, 0) is 0 Å². The highest BCUT2D eigenvalue weighted by Crippen LogP contribution is 2.38. The zero-order chi connectivity index (χ0) is 17.4. The molecule has 6 nitrogen and oxygen atoms in total. The van der Waals surface area contributed by atoms with Crippen LogP contribution in [-0.4, -0.2) is 35.0 Å². The average Bonchev–Trinajstić information content (AvgIpc) is 3.32. The number of aryl methyl sites for hydroxylation is 1. The molecule has 2 fully saturated rings. The minimum absolute atomic E-state index is 0.0287. The molecule has 2 bridgehead atoms. The minimum Gasteiger partial charge on any atom is -0.459 e. The van der Waals surface area contributed by atoms with E-state index in [2.05, 4.69) is 10.6 Å². The smallest absolute Gasteiger partial charge is 0.322 e. The maximum atomic E-state index is 12.8. The molecule has 2 aromatic rings. The van der Waals surface area contributed by atoms with Gasteiger partial charge in [0.15, 0.2) is 5.76 Å².